The van der Waals surface area contributed by atoms with Crippen molar-refractivity contribution < 1.29 is 38.9 Å². The molecule has 0 saturated carbocycles. The predicted molar refractivity (Wildman–Crippen MR) is 50.7 cm³/mol. The maximum Gasteiger partial charge on any atom is 0.339 e. The highest BCUT2D eigenvalue weighted by Gasteiger charge is 2.27. The van der Waals surface area contributed by atoms with Crippen molar-refractivity contribution in [1.29, 1.82) is 0 Å². The Labute approximate surface area is 95.4 Å². The van der Waals surface area contributed by atoms with Gasteiger partial charge >= 0.3 is 23.9 Å². The van der Waals surface area contributed by atoms with Crippen LogP contribution in [-0.4, -0.2) is 40.4 Å². The lowest BCUT2D eigenvalue weighted by atomic mass is 10.2. The van der Waals surface area contributed by atoms with Crippen LogP contribution in [0.25, 0.3) is 0 Å². The number of carbonyl (C=O) groups excluding carboxylic acids is 2. The van der Waals surface area contributed by atoms with E-state index in [9.17, 15) is 19.2 Å². The molecule has 8 heteroatoms. The van der Waals surface area contributed by atoms with Gasteiger partial charge in [-0.1, -0.05) is 0 Å². The summed E-state index contributed by atoms with van der Waals surface area (Å²) in [6.45, 7) is 1.91. The maximum absolute atomic E-state index is 10.7. The summed E-state index contributed by atoms with van der Waals surface area (Å²) in [6, 6.07) is 0. The van der Waals surface area contributed by atoms with Gasteiger partial charge in [-0.05, 0) is 0 Å². The molecule has 94 valence electrons. The second kappa shape index (κ2) is 6.26. The molecule has 0 bridgehead atoms. The van der Waals surface area contributed by atoms with Crippen molar-refractivity contribution in [2.75, 3.05) is 0 Å². The van der Waals surface area contributed by atoms with Gasteiger partial charge in [-0.2, -0.15) is 0 Å². The molecule has 17 heavy (non-hydrogen) atoms. The number of carboxylic acids is 2. The number of aliphatic carboxylic acids is 2. The molecule has 0 aromatic heterocycles. The Morgan fingerprint density at radius 3 is 1.65 bits per heavy atom. The quantitative estimate of drug-likeness (QED) is 0.378. The number of carbonyl (C=O) groups is 4. The molecule has 8 nitrogen and oxygen atoms in total. The molecule has 0 aliphatic carbocycles. The Morgan fingerprint density at radius 2 is 1.41 bits per heavy atom. The van der Waals surface area contributed by atoms with E-state index in [2.05, 4.69) is 9.47 Å². The van der Waals surface area contributed by atoms with Crippen LogP contribution in [-0.2, 0) is 28.7 Å². The van der Waals surface area contributed by atoms with Crippen molar-refractivity contribution in [3.63, 3.8) is 0 Å². The van der Waals surface area contributed by atoms with E-state index in [4.69, 9.17) is 10.2 Å². The third-order valence-corrected chi connectivity index (χ3v) is 1.33. The fourth-order valence-electron chi connectivity index (χ4n) is 0.816. The highest BCUT2D eigenvalue weighted by molar-refractivity contribution is 5.95. The largest absolute Gasteiger partial charge is 0.478 e. The first-order chi connectivity index (χ1) is 7.73. The minimum Gasteiger partial charge on any atom is -0.478 e. The Hall–Kier alpha value is -2.38. The highest BCUT2D eigenvalue weighted by atomic mass is 16.7. The molecule has 2 N–H and O–H groups in total. The SMILES string of the molecule is CC(=O)OC(OC(C)=O)C(=CC(=O)O)C(=O)O. The third kappa shape index (κ3) is 5.92. The molecule has 0 aromatic rings. The molecule has 0 atom stereocenters. The van der Waals surface area contributed by atoms with Gasteiger partial charge in [0.15, 0.2) is 0 Å². The molecule has 0 aliphatic heterocycles. The Morgan fingerprint density at radius 1 is 1.00 bits per heavy atom. The van der Waals surface area contributed by atoms with Crippen molar-refractivity contribution in [3.05, 3.63) is 11.6 Å². The van der Waals surface area contributed by atoms with E-state index in [1.54, 1.807) is 0 Å². The summed E-state index contributed by atoms with van der Waals surface area (Å²) >= 11 is 0. The van der Waals surface area contributed by atoms with E-state index < -0.39 is 35.7 Å². The zero-order valence-corrected chi connectivity index (χ0v) is 9.00. The third-order valence-electron chi connectivity index (χ3n) is 1.33. The fourth-order valence-corrected chi connectivity index (χ4v) is 0.816. The molecule has 0 heterocycles. The van der Waals surface area contributed by atoms with Gasteiger partial charge in [0.05, 0.1) is 0 Å². The van der Waals surface area contributed by atoms with Crippen molar-refractivity contribution in [2.24, 2.45) is 0 Å². The topological polar surface area (TPSA) is 127 Å². The summed E-state index contributed by atoms with van der Waals surface area (Å²) in [5.74, 6) is -5.10. The first-order valence-electron chi connectivity index (χ1n) is 4.26. The van der Waals surface area contributed by atoms with Crippen LogP contribution >= 0.6 is 0 Å². The van der Waals surface area contributed by atoms with Gasteiger partial charge < -0.3 is 19.7 Å². The molecule has 0 spiro atoms. The van der Waals surface area contributed by atoms with Gasteiger partial charge in [-0.3, -0.25) is 9.59 Å². The lowest BCUT2D eigenvalue weighted by molar-refractivity contribution is -0.179. The summed E-state index contributed by atoms with van der Waals surface area (Å²) in [5.41, 5.74) is -0.872. The number of hydrogen-bond donors (Lipinski definition) is 2. The molecule has 0 fully saturated rings. The van der Waals surface area contributed by atoms with Gasteiger partial charge in [-0.25, -0.2) is 9.59 Å². The fraction of sp³-hybridized carbons (Fsp3) is 0.333. The summed E-state index contributed by atoms with van der Waals surface area (Å²) in [7, 11) is 0. The molecule has 0 amide bonds. The van der Waals surface area contributed by atoms with Crippen LogP contribution in [0.1, 0.15) is 13.8 Å². The van der Waals surface area contributed by atoms with E-state index in [-0.39, 0.29) is 6.08 Å². The smallest absolute Gasteiger partial charge is 0.339 e. The Kier molecular flexibility index (Phi) is 5.38. The first kappa shape index (κ1) is 14.6. The lowest BCUT2D eigenvalue weighted by Crippen LogP contribution is -2.29. The lowest BCUT2D eigenvalue weighted by Gasteiger charge is -2.16. The molecular formula is C9H10O8. The van der Waals surface area contributed by atoms with E-state index in [0.717, 1.165) is 13.8 Å². The molecule has 0 unspecified atom stereocenters. The summed E-state index contributed by atoms with van der Waals surface area (Å²) < 4.78 is 8.78. The number of hydrogen-bond acceptors (Lipinski definition) is 6. The minimum absolute atomic E-state index is 0.277. The van der Waals surface area contributed by atoms with Crippen LogP contribution in [0.2, 0.25) is 0 Å². The van der Waals surface area contributed by atoms with Crippen molar-refractivity contribution in [3.8, 4) is 0 Å². The predicted octanol–water partition coefficient (Wildman–Crippen LogP) is -0.466. The van der Waals surface area contributed by atoms with Crippen LogP contribution in [0.5, 0.6) is 0 Å². The number of esters is 2. The highest BCUT2D eigenvalue weighted by Crippen LogP contribution is 2.10. The summed E-state index contributed by atoms with van der Waals surface area (Å²) in [5, 5.41) is 17.1. The van der Waals surface area contributed by atoms with Gasteiger partial charge in [0, 0.05) is 19.9 Å². The van der Waals surface area contributed by atoms with Crippen LogP contribution in [0, 0.1) is 0 Å². The van der Waals surface area contributed by atoms with Crippen LogP contribution in [0.3, 0.4) is 0 Å². The molecule has 0 aliphatic rings. The van der Waals surface area contributed by atoms with Crippen LogP contribution < -0.4 is 0 Å². The van der Waals surface area contributed by atoms with Gasteiger partial charge in [0.25, 0.3) is 6.29 Å². The molecule has 0 aromatic carbocycles. The van der Waals surface area contributed by atoms with Gasteiger partial charge in [0.2, 0.25) is 0 Å². The minimum atomic E-state index is -1.89. The van der Waals surface area contributed by atoms with E-state index in [1.165, 1.54) is 0 Å². The monoisotopic (exact) mass is 246 g/mol. The Balaban J connectivity index is 5.20. The molecule has 0 radical (unpaired) electrons. The standard InChI is InChI=1S/C9H10O8/c1-4(10)16-9(17-5(2)11)6(8(14)15)3-7(12)13/h3,9H,1-2H3,(H,12,13)(H,14,15). The number of rotatable bonds is 5. The van der Waals surface area contributed by atoms with Gasteiger partial charge in [0.1, 0.15) is 5.57 Å². The zero-order valence-electron chi connectivity index (χ0n) is 9.00. The summed E-state index contributed by atoms with van der Waals surface area (Å²) in [6.07, 6.45) is -1.61. The first-order valence-corrected chi connectivity index (χ1v) is 4.26. The van der Waals surface area contributed by atoms with Crippen molar-refractivity contribution in [2.45, 2.75) is 20.1 Å². The second-order valence-corrected chi connectivity index (χ2v) is 2.79. The summed E-state index contributed by atoms with van der Waals surface area (Å²) in [4.78, 5) is 42.4. The average molecular weight is 246 g/mol. The van der Waals surface area contributed by atoms with E-state index >= 15 is 0 Å². The van der Waals surface area contributed by atoms with Crippen LogP contribution in [0.15, 0.2) is 11.6 Å². The van der Waals surface area contributed by atoms with Crippen molar-refractivity contribution in [1.82, 2.24) is 0 Å². The molecule has 0 rings (SSSR count). The average Bonchev–Trinajstić information content (AvgIpc) is 2.10. The second-order valence-electron chi connectivity index (χ2n) is 2.79. The van der Waals surface area contributed by atoms with E-state index in [0.29, 0.717) is 0 Å². The maximum atomic E-state index is 10.7. The van der Waals surface area contributed by atoms with Gasteiger partial charge in [-0.15, -0.1) is 0 Å². The zero-order chi connectivity index (χ0) is 13.6. The molecule has 0 saturated heterocycles. The molecular weight excluding hydrogens is 236 g/mol. The Bertz CT molecular complexity index is 364. The van der Waals surface area contributed by atoms with Crippen molar-refractivity contribution >= 4 is 23.9 Å². The van der Waals surface area contributed by atoms with E-state index in [1.807, 2.05) is 0 Å². The normalized spacial score (nSPS) is 10.9. The number of ether oxygens (including phenoxy) is 2. The van der Waals surface area contributed by atoms with Crippen LogP contribution in [0.4, 0.5) is 0 Å². The number of carboxylic acid groups (broad SMARTS) is 2.